The smallest absolute Gasteiger partial charge is 0.306 e. The molecule has 1 amide bonds. The molecule has 0 aliphatic heterocycles. The minimum atomic E-state index is -0.812. The summed E-state index contributed by atoms with van der Waals surface area (Å²) in [6.45, 7) is 6.30. The van der Waals surface area contributed by atoms with Gasteiger partial charge in [0, 0.05) is 6.42 Å². The van der Waals surface area contributed by atoms with Crippen LogP contribution in [0.5, 0.6) is 0 Å². The molecule has 3 atom stereocenters. The maximum atomic E-state index is 13.2. The molecule has 0 rings (SSSR count). The van der Waals surface area contributed by atoms with Gasteiger partial charge in [-0.15, -0.1) is 0 Å². The molecule has 0 aromatic heterocycles. The minimum absolute atomic E-state index is 0.0292. The monoisotopic (exact) mass is 904 g/mol. The SMILES string of the molecule is CC/C=C/C=C/C=C\C=C/C=C/CCCCCC(=O)OC(CCCC/C=C\C/C=C\C/C=C\CCCCC)CC(=O)NC(CO)C(O)CCCCCCCCCCCCCCCCCC. The summed E-state index contributed by atoms with van der Waals surface area (Å²) in [5, 5.41) is 23.8. The lowest BCUT2D eigenvalue weighted by atomic mass is 10.0. The fraction of sp³-hybridized carbons (Fsp3) is 0.695. The zero-order valence-corrected chi connectivity index (χ0v) is 42.3. The Morgan fingerprint density at radius 2 is 0.892 bits per heavy atom. The number of esters is 1. The van der Waals surface area contributed by atoms with Gasteiger partial charge >= 0.3 is 5.97 Å². The summed E-state index contributed by atoms with van der Waals surface area (Å²) < 4.78 is 5.90. The van der Waals surface area contributed by atoms with Crippen molar-refractivity contribution in [1.29, 1.82) is 0 Å². The quantitative estimate of drug-likeness (QED) is 0.0245. The van der Waals surface area contributed by atoms with Crippen LogP contribution in [-0.4, -0.2) is 46.9 Å². The Morgan fingerprint density at radius 1 is 0.477 bits per heavy atom. The van der Waals surface area contributed by atoms with Gasteiger partial charge < -0.3 is 20.3 Å². The van der Waals surface area contributed by atoms with Crippen LogP contribution in [0.25, 0.3) is 0 Å². The molecule has 0 fully saturated rings. The molecule has 0 heterocycles. The number of hydrogen-bond acceptors (Lipinski definition) is 5. The van der Waals surface area contributed by atoms with Crippen LogP contribution in [0.3, 0.4) is 0 Å². The molecule has 65 heavy (non-hydrogen) atoms. The third-order valence-electron chi connectivity index (χ3n) is 11.8. The second kappa shape index (κ2) is 51.8. The standard InChI is InChI=1S/C59H101NO5/c1-4-7-10-13-16-19-22-25-28-31-33-36-39-42-45-48-51-57(62)56(54-61)60-58(63)53-55(50-47-44-41-38-35-32-29-26-23-20-17-14-11-8-5-2)65-59(64)52-49-46-43-40-37-34-30-27-24-21-18-15-12-9-6-3/h9,12,15,17-18,20-21,24,26-27,29-30,34-35,37-38,55-57,61-62H,4-8,10-11,13-14,16,19,22-23,25,28,31-33,36,39-54H2,1-3H3,(H,60,63)/b12-9+,18-15+,20-17-,24-21-,29-26-,30-27-,37-34+,38-35-. The summed E-state index contributed by atoms with van der Waals surface area (Å²) in [5.41, 5.74) is 0. The van der Waals surface area contributed by atoms with E-state index in [9.17, 15) is 19.8 Å². The Labute approximate surface area is 401 Å². The van der Waals surface area contributed by atoms with E-state index in [2.05, 4.69) is 80.8 Å². The van der Waals surface area contributed by atoms with Crippen LogP contribution in [0.15, 0.2) is 97.2 Å². The van der Waals surface area contributed by atoms with E-state index in [1.165, 1.54) is 109 Å². The fourth-order valence-corrected chi connectivity index (χ4v) is 7.69. The number of unbranched alkanes of at least 4 members (excludes halogenated alkanes) is 23. The van der Waals surface area contributed by atoms with Gasteiger partial charge in [0.25, 0.3) is 0 Å². The molecule has 0 spiro atoms. The molecule has 3 N–H and O–H groups in total. The molecule has 0 aliphatic rings. The lowest BCUT2D eigenvalue weighted by Crippen LogP contribution is -2.46. The first kappa shape index (κ1) is 61.8. The molecule has 0 saturated heterocycles. The van der Waals surface area contributed by atoms with Crippen molar-refractivity contribution in [3.63, 3.8) is 0 Å². The number of hydrogen-bond donors (Lipinski definition) is 3. The lowest BCUT2D eigenvalue weighted by molar-refractivity contribution is -0.151. The molecule has 372 valence electrons. The predicted octanol–water partition coefficient (Wildman–Crippen LogP) is 16.5. The number of carbonyl (C=O) groups is 2. The largest absolute Gasteiger partial charge is 0.462 e. The summed E-state index contributed by atoms with van der Waals surface area (Å²) in [6, 6.07) is -0.729. The fourth-order valence-electron chi connectivity index (χ4n) is 7.69. The number of carbonyl (C=O) groups excluding carboxylic acids is 2. The van der Waals surface area contributed by atoms with Crippen molar-refractivity contribution < 1.29 is 24.5 Å². The highest BCUT2D eigenvalue weighted by molar-refractivity contribution is 5.77. The van der Waals surface area contributed by atoms with Crippen molar-refractivity contribution in [1.82, 2.24) is 5.32 Å². The lowest BCUT2D eigenvalue weighted by Gasteiger charge is -2.24. The number of amides is 1. The van der Waals surface area contributed by atoms with Gasteiger partial charge in [-0.05, 0) is 83.5 Å². The van der Waals surface area contributed by atoms with E-state index >= 15 is 0 Å². The highest BCUT2D eigenvalue weighted by atomic mass is 16.5. The summed E-state index contributed by atoms with van der Waals surface area (Å²) in [5.74, 6) is -0.565. The van der Waals surface area contributed by atoms with Crippen LogP contribution >= 0.6 is 0 Å². The summed E-state index contributed by atoms with van der Waals surface area (Å²) in [6.07, 6.45) is 68.9. The number of allylic oxidation sites excluding steroid dienone is 16. The Kier molecular flexibility index (Phi) is 49.2. The van der Waals surface area contributed by atoms with Crippen molar-refractivity contribution in [3.8, 4) is 0 Å². The van der Waals surface area contributed by atoms with Gasteiger partial charge in [-0.25, -0.2) is 0 Å². The number of ether oxygens (including phenoxy) is 1. The molecule has 6 nitrogen and oxygen atoms in total. The first-order chi connectivity index (χ1) is 32.0. The first-order valence-electron chi connectivity index (χ1n) is 27.0. The van der Waals surface area contributed by atoms with Crippen LogP contribution in [0.1, 0.15) is 239 Å². The van der Waals surface area contributed by atoms with Crippen LogP contribution in [0.4, 0.5) is 0 Å². The second-order valence-electron chi connectivity index (χ2n) is 18.0. The van der Waals surface area contributed by atoms with Gasteiger partial charge in [0.05, 0.1) is 25.2 Å². The van der Waals surface area contributed by atoms with Gasteiger partial charge in [-0.3, -0.25) is 9.59 Å². The number of aliphatic hydroxyl groups is 2. The van der Waals surface area contributed by atoms with Crippen LogP contribution in [0.2, 0.25) is 0 Å². The predicted molar refractivity (Wildman–Crippen MR) is 282 cm³/mol. The zero-order chi connectivity index (χ0) is 47.4. The van der Waals surface area contributed by atoms with E-state index in [1.807, 2.05) is 42.5 Å². The Bertz CT molecular complexity index is 1290. The highest BCUT2D eigenvalue weighted by Gasteiger charge is 2.24. The number of aliphatic hydroxyl groups excluding tert-OH is 2. The van der Waals surface area contributed by atoms with E-state index < -0.39 is 18.2 Å². The molecule has 0 aromatic rings. The average molecular weight is 904 g/mol. The summed E-state index contributed by atoms with van der Waals surface area (Å²) in [4.78, 5) is 26.2. The van der Waals surface area contributed by atoms with Crippen LogP contribution < -0.4 is 5.32 Å². The molecule has 0 radical (unpaired) electrons. The maximum Gasteiger partial charge on any atom is 0.306 e. The Balaban J connectivity index is 4.70. The molecular weight excluding hydrogens is 803 g/mol. The van der Waals surface area contributed by atoms with E-state index in [0.29, 0.717) is 19.3 Å². The van der Waals surface area contributed by atoms with E-state index in [1.54, 1.807) is 0 Å². The molecule has 0 saturated carbocycles. The molecule has 6 heteroatoms. The van der Waals surface area contributed by atoms with Gasteiger partial charge in [0.1, 0.15) is 6.10 Å². The second-order valence-corrected chi connectivity index (χ2v) is 18.0. The summed E-state index contributed by atoms with van der Waals surface area (Å²) >= 11 is 0. The highest BCUT2D eigenvalue weighted by Crippen LogP contribution is 2.17. The van der Waals surface area contributed by atoms with E-state index in [4.69, 9.17) is 4.74 Å². The summed E-state index contributed by atoms with van der Waals surface area (Å²) in [7, 11) is 0. The van der Waals surface area contributed by atoms with E-state index in [-0.39, 0.29) is 24.9 Å². The van der Waals surface area contributed by atoms with Crippen LogP contribution in [0, 0.1) is 0 Å². The topological polar surface area (TPSA) is 95.9 Å². The Hall–Kier alpha value is -3.22. The third-order valence-corrected chi connectivity index (χ3v) is 11.8. The van der Waals surface area contributed by atoms with Gasteiger partial charge in [0.2, 0.25) is 5.91 Å². The first-order valence-corrected chi connectivity index (χ1v) is 27.0. The van der Waals surface area contributed by atoms with Crippen molar-refractivity contribution in [2.45, 2.75) is 257 Å². The van der Waals surface area contributed by atoms with Crippen molar-refractivity contribution in [2.24, 2.45) is 0 Å². The third kappa shape index (κ3) is 47.1. The molecule has 0 aromatic carbocycles. The number of nitrogens with one attached hydrogen (secondary N) is 1. The zero-order valence-electron chi connectivity index (χ0n) is 42.3. The van der Waals surface area contributed by atoms with E-state index in [0.717, 1.165) is 83.5 Å². The van der Waals surface area contributed by atoms with Gasteiger partial charge in [-0.1, -0.05) is 240 Å². The number of rotatable bonds is 47. The minimum Gasteiger partial charge on any atom is -0.462 e. The van der Waals surface area contributed by atoms with Crippen molar-refractivity contribution >= 4 is 11.9 Å². The van der Waals surface area contributed by atoms with Crippen LogP contribution in [-0.2, 0) is 14.3 Å². The Morgan fingerprint density at radius 3 is 1.43 bits per heavy atom. The average Bonchev–Trinajstić information content (AvgIpc) is 3.30. The van der Waals surface area contributed by atoms with Crippen molar-refractivity contribution in [2.75, 3.05) is 6.61 Å². The van der Waals surface area contributed by atoms with Gasteiger partial charge in [0.15, 0.2) is 0 Å². The molecule has 3 unspecified atom stereocenters. The molecule has 0 bridgehead atoms. The molecular formula is C59H101NO5. The van der Waals surface area contributed by atoms with Gasteiger partial charge in [-0.2, -0.15) is 0 Å². The maximum absolute atomic E-state index is 13.2. The normalized spacial score (nSPS) is 14.0. The van der Waals surface area contributed by atoms with Crippen molar-refractivity contribution in [3.05, 3.63) is 97.2 Å². The molecule has 0 aliphatic carbocycles.